The molecule has 2 bridgehead atoms. The van der Waals surface area contributed by atoms with Crippen molar-refractivity contribution in [3.63, 3.8) is 0 Å². The first-order chi connectivity index (χ1) is 32.4. The van der Waals surface area contributed by atoms with E-state index in [4.69, 9.17) is 10.7 Å². The van der Waals surface area contributed by atoms with Crippen LogP contribution in [0.5, 0.6) is 5.75 Å². The van der Waals surface area contributed by atoms with Crippen molar-refractivity contribution in [1.29, 1.82) is 0 Å². The Morgan fingerprint density at radius 3 is 2.34 bits per heavy atom. The van der Waals surface area contributed by atoms with E-state index in [9.17, 15) is 14.7 Å². The normalized spacial score (nSPS) is 25.3. The summed E-state index contributed by atoms with van der Waals surface area (Å²) >= 11 is 0. The first-order valence-electron chi connectivity index (χ1n) is 24.1. The minimum atomic E-state index is -2.98. The number of alkyl halides is 2. The van der Waals surface area contributed by atoms with Crippen LogP contribution in [0.1, 0.15) is 81.7 Å². The third-order valence-electron chi connectivity index (χ3n) is 16.3. The Morgan fingerprint density at radius 2 is 1.61 bits per heavy atom. The van der Waals surface area contributed by atoms with E-state index in [2.05, 4.69) is 47.0 Å². The maximum atomic E-state index is 16.2. The van der Waals surface area contributed by atoms with Gasteiger partial charge in [-0.15, -0.1) is 10.2 Å². The number of rotatable bonds is 9. The highest BCUT2D eigenvalue weighted by Gasteiger charge is 2.50. The van der Waals surface area contributed by atoms with E-state index in [1.807, 2.05) is 12.1 Å². The van der Waals surface area contributed by atoms with Crippen molar-refractivity contribution < 1.29 is 27.9 Å². The number of imide groups is 1. The lowest BCUT2D eigenvalue weighted by atomic mass is 9.60. The van der Waals surface area contributed by atoms with Crippen LogP contribution in [-0.2, 0) is 4.79 Å². The maximum absolute atomic E-state index is 16.2. The number of pyridine rings is 1. The van der Waals surface area contributed by atoms with Gasteiger partial charge in [0.05, 0.1) is 35.5 Å². The number of nitrogens with two attached hydrogens (primary N) is 1. The Balaban J connectivity index is 0.667. The topological polar surface area (TPSA) is 152 Å². The van der Waals surface area contributed by atoms with Crippen molar-refractivity contribution in [3.05, 3.63) is 78.4 Å². The summed E-state index contributed by atoms with van der Waals surface area (Å²) in [5, 5.41) is 22.4. The molecule has 2 aromatic carbocycles. The molecule has 5 saturated heterocycles. The molecule has 7 aliphatic rings. The van der Waals surface area contributed by atoms with E-state index < -0.39 is 30.2 Å². The molecule has 4 N–H and O–H groups in total. The summed E-state index contributed by atoms with van der Waals surface area (Å²) in [4.78, 5) is 39.2. The summed E-state index contributed by atoms with van der Waals surface area (Å²) in [7, 11) is 0. The van der Waals surface area contributed by atoms with E-state index in [0.717, 1.165) is 86.9 Å². The Hall–Kier alpha value is -6.10. The lowest BCUT2D eigenvalue weighted by molar-refractivity contribution is -0.120. The molecule has 3 atom stereocenters. The number of benzene rings is 2. The number of nitrogen functional groups attached to an aromatic ring is 1. The first-order valence-corrected chi connectivity index (χ1v) is 24.1. The van der Waals surface area contributed by atoms with Crippen LogP contribution in [-0.4, -0.2) is 112 Å². The Bertz CT molecular complexity index is 2750. The molecule has 3 amide bonds. The van der Waals surface area contributed by atoms with Crippen molar-refractivity contribution in [2.75, 3.05) is 77.7 Å². The largest absolute Gasteiger partial charge is 0.507 e. The van der Waals surface area contributed by atoms with Gasteiger partial charge >= 0.3 is 6.03 Å². The molecule has 5 aromatic rings. The molecule has 0 radical (unpaired) electrons. The average molecular weight is 916 g/mol. The number of para-hydroxylation sites is 1. The number of fused-ring (bicyclic) bond motifs is 3. The molecule has 3 unspecified atom stereocenters. The number of hydrogen-bond acceptors (Lipinski definition) is 11. The number of nitrogens with zero attached hydrogens (tertiary/aromatic N) is 9. The number of amides is 3. The van der Waals surface area contributed by atoms with Crippen LogP contribution in [0.15, 0.2) is 67.0 Å². The van der Waals surface area contributed by atoms with Crippen molar-refractivity contribution in [3.8, 4) is 17.0 Å². The van der Waals surface area contributed by atoms with Crippen molar-refractivity contribution in [1.82, 2.24) is 30.0 Å². The first kappa shape index (κ1) is 42.3. The quantitative estimate of drug-likeness (QED) is 0.134. The minimum absolute atomic E-state index is 0.103. The highest BCUT2D eigenvalue weighted by atomic mass is 19.3. The highest BCUT2D eigenvalue weighted by molar-refractivity contribution is 6.06. The molecule has 67 heavy (non-hydrogen) atoms. The predicted octanol–water partition coefficient (Wildman–Crippen LogP) is 7.68. The molecule has 14 nitrogen and oxygen atoms in total. The SMILES string of the molecule is Nc1nnc(-c2ccccc2O)cc1N1CC2CCC(C1)N2c1ccc(F)c(N2CCC(CN3CCC4(CC3)CC(n3cc(C5CC5)c5cc(N6CCC(=O)NC6=O)cnc53)C4)C(F)(F)C2)c1. The number of nitrogens with one attached hydrogen (secondary N) is 1. The van der Waals surface area contributed by atoms with Crippen molar-refractivity contribution in [2.24, 2.45) is 11.3 Å². The van der Waals surface area contributed by atoms with Crippen LogP contribution >= 0.6 is 0 Å². The molecule has 12 rings (SSSR count). The summed E-state index contributed by atoms with van der Waals surface area (Å²) in [6, 6.07) is 16.0. The molecular formula is C50H56F3N11O3. The fourth-order valence-corrected chi connectivity index (χ4v) is 12.5. The zero-order chi connectivity index (χ0) is 45.8. The van der Waals surface area contributed by atoms with Gasteiger partial charge in [-0.05, 0) is 130 Å². The number of aromatic hydroxyl groups is 1. The van der Waals surface area contributed by atoms with Gasteiger partial charge in [-0.1, -0.05) is 12.1 Å². The fourth-order valence-electron chi connectivity index (χ4n) is 12.5. The second-order valence-corrected chi connectivity index (χ2v) is 20.5. The molecule has 350 valence electrons. The summed E-state index contributed by atoms with van der Waals surface area (Å²) in [5.74, 6) is -3.61. The molecule has 3 aromatic heterocycles. The van der Waals surface area contributed by atoms with Gasteiger partial charge in [0, 0.05) is 86.0 Å². The van der Waals surface area contributed by atoms with Gasteiger partial charge in [-0.3, -0.25) is 15.0 Å². The number of halogens is 3. The average Bonchev–Trinajstić information content (AvgIpc) is 4.03. The highest BCUT2D eigenvalue weighted by Crippen LogP contribution is 2.57. The lowest BCUT2D eigenvalue weighted by Gasteiger charge is -2.53. The minimum Gasteiger partial charge on any atom is -0.507 e. The van der Waals surface area contributed by atoms with E-state index >= 15 is 13.2 Å². The molecule has 2 aliphatic carbocycles. The van der Waals surface area contributed by atoms with Crippen LogP contribution < -0.4 is 30.7 Å². The number of hydrogen-bond donors (Lipinski definition) is 3. The number of phenolic OH excluding ortho intramolecular Hbond substituents is 1. The zero-order valence-corrected chi connectivity index (χ0v) is 37.5. The maximum Gasteiger partial charge on any atom is 0.328 e. The Kier molecular flexibility index (Phi) is 10.1. The van der Waals surface area contributed by atoms with Gasteiger partial charge in [0.1, 0.15) is 17.2 Å². The second-order valence-electron chi connectivity index (χ2n) is 20.5. The van der Waals surface area contributed by atoms with Crippen molar-refractivity contribution in [2.45, 2.75) is 94.2 Å². The summed E-state index contributed by atoms with van der Waals surface area (Å²) in [5.41, 5.74) is 12.4. The Labute approximate surface area is 386 Å². The molecule has 7 fully saturated rings. The van der Waals surface area contributed by atoms with Gasteiger partial charge in [0.25, 0.3) is 5.92 Å². The molecule has 8 heterocycles. The molecule has 5 aliphatic heterocycles. The third-order valence-corrected chi connectivity index (χ3v) is 16.3. The number of carbonyl (C=O) groups excluding carboxylic acids is 2. The monoisotopic (exact) mass is 915 g/mol. The fraction of sp³-hybridized carbons (Fsp3) is 0.500. The number of phenols is 1. The lowest BCUT2D eigenvalue weighted by Crippen LogP contribution is -2.55. The predicted molar refractivity (Wildman–Crippen MR) is 250 cm³/mol. The molecule has 17 heteroatoms. The zero-order valence-electron chi connectivity index (χ0n) is 37.5. The third kappa shape index (κ3) is 7.57. The van der Waals surface area contributed by atoms with Gasteiger partial charge in [0.15, 0.2) is 5.82 Å². The summed E-state index contributed by atoms with van der Waals surface area (Å²) < 4.78 is 50.4. The molecular weight excluding hydrogens is 860 g/mol. The molecule has 1 spiro atoms. The number of aromatic nitrogens is 4. The molecule has 2 saturated carbocycles. The van der Waals surface area contributed by atoms with Crippen LogP contribution in [0, 0.1) is 17.2 Å². The number of anilines is 5. The second kappa shape index (κ2) is 16.0. The van der Waals surface area contributed by atoms with Crippen LogP contribution in [0.25, 0.3) is 22.3 Å². The van der Waals surface area contributed by atoms with Gasteiger partial charge in [-0.25, -0.2) is 22.9 Å². The smallest absolute Gasteiger partial charge is 0.328 e. The van der Waals surface area contributed by atoms with E-state index in [0.29, 0.717) is 67.4 Å². The number of urea groups is 1. The van der Waals surface area contributed by atoms with Crippen LogP contribution in [0.4, 0.5) is 46.5 Å². The van der Waals surface area contributed by atoms with Gasteiger partial charge < -0.3 is 35.0 Å². The van der Waals surface area contributed by atoms with Crippen LogP contribution in [0.3, 0.4) is 0 Å². The standard InChI is InChI=1S/C50H56F3N11O3/c51-40-10-9-32(64-33-7-8-34(64)27-61(26-33)43-21-41(57-58-46(43)54)37-3-1-2-4-44(37)65)20-42(40)60-15-11-31(50(52,53)29-60)25-59-17-13-49(14-18-59)22-36(23-49)63-28-39(30-5-6-30)38-19-35(24-55-47(38)63)62-16-12-45(66)56-48(62)67/h1-4,9-10,19-21,24,28,30-31,33-34,36,65H,5-8,11-18,22-23,25-27,29H2,(H2,54,58)(H,56,66,67). The van der Waals surface area contributed by atoms with E-state index in [-0.39, 0.29) is 47.7 Å². The van der Waals surface area contributed by atoms with Gasteiger partial charge in [-0.2, -0.15) is 0 Å². The van der Waals surface area contributed by atoms with Crippen molar-refractivity contribution >= 4 is 51.5 Å². The summed E-state index contributed by atoms with van der Waals surface area (Å²) in [6.07, 6.45) is 12.7. The number of piperidine rings is 2. The van der Waals surface area contributed by atoms with E-state index in [1.165, 1.54) is 11.6 Å². The number of carbonyl (C=O) groups is 2. The number of piperazine rings is 1. The summed E-state index contributed by atoms with van der Waals surface area (Å²) in [6.45, 7) is 3.41. The van der Waals surface area contributed by atoms with E-state index in [1.54, 1.807) is 46.3 Å². The van der Waals surface area contributed by atoms with Crippen LogP contribution in [0.2, 0.25) is 0 Å². The number of likely N-dealkylation sites (tertiary alicyclic amines) is 1. The van der Waals surface area contributed by atoms with Gasteiger partial charge in [0.2, 0.25) is 5.91 Å². The Morgan fingerprint density at radius 1 is 0.836 bits per heavy atom.